The summed E-state index contributed by atoms with van der Waals surface area (Å²) in [5.74, 6) is -0.400. The van der Waals surface area contributed by atoms with Gasteiger partial charge in [0.25, 0.3) is 0 Å². The van der Waals surface area contributed by atoms with Crippen molar-refractivity contribution in [2.75, 3.05) is 5.32 Å². The van der Waals surface area contributed by atoms with Crippen molar-refractivity contribution in [3.8, 4) is 6.07 Å². The number of rotatable bonds is 1. The lowest BCUT2D eigenvalue weighted by Gasteiger charge is -2.07. The third-order valence-corrected chi connectivity index (χ3v) is 1.78. The molecule has 0 unspecified atom stereocenters. The summed E-state index contributed by atoms with van der Waals surface area (Å²) >= 11 is 4.60. The Morgan fingerprint density at radius 2 is 2.29 bits per heavy atom. The predicted octanol–water partition coefficient (Wildman–Crippen LogP) is 1.66. The Morgan fingerprint density at radius 1 is 1.64 bits per heavy atom. The summed E-state index contributed by atoms with van der Waals surface area (Å²) in [7, 11) is 0. The van der Waals surface area contributed by atoms with E-state index in [4.69, 9.17) is 11.0 Å². The highest BCUT2D eigenvalue weighted by atomic mass is 32.1. The van der Waals surface area contributed by atoms with Crippen LogP contribution in [0.4, 0.5) is 10.1 Å². The van der Waals surface area contributed by atoms with Gasteiger partial charge in [0, 0.05) is 0 Å². The summed E-state index contributed by atoms with van der Waals surface area (Å²) < 4.78 is 13.1. The average molecular weight is 209 g/mol. The number of nitrogens with zero attached hydrogens (tertiary/aromatic N) is 1. The summed E-state index contributed by atoms with van der Waals surface area (Å²) in [6.45, 7) is 1.58. The number of nitriles is 1. The van der Waals surface area contributed by atoms with Crippen LogP contribution in [0.5, 0.6) is 0 Å². The van der Waals surface area contributed by atoms with Gasteiger partial charge >= 0.3 is 0 Å². The van der Waals surface area contributed by atoms with E-state index in [1.165, 1.54) is 12.1 Å². The van der Waals surface area contributed by atoms with Gasteiger partial charge in [0.15, 0.2) is 5.11 Å². The first-order chi connectivity index (χ1) is 6.54. The maximum Gasteiger partial charge on any atom is 0.168 e. The van der Waals surface area contributed by atoms with Gasteiger partial charge in [-0.05, 0) is 36.8 Å². The van der Waals surface area contributed by atoms with Crippen LogP contribution < -0.4 is 11.1 Å². The van der Waals surface area contributed by atoms with Gasteiger partial charge in [0.2, 0.25) is 0 Å². The first kappa shape index (κ1) is 10.4. The largest absolute Gasteiger partial charge is 0.376 e. The van der Waals surface area contributed by atoms with Crippen molar-refractivity contribution in [1.29, 1.82) is 5.26 Å². The molecule has 1 rings (SSSR count). The quantitative estimate of drug-likeness (QED) is 0.690. The fourth-order valence-corrected chi connectivity index (χ4v) is 1.12. The second kappa shape index (κ2) is 4.03. The van der Waals surface area contributed by atoms with Crippen LogP contribution in [0, 0.1) is 24.1 Å². The number of hydrogen-bond acceptors (Lipinski definition) is 2. The second-order valence-corrected chi connectivity index (χ2v) is 3.19. The molecule has 14 heavy (non-hydrogen) atoms. The standard InChI is InChI=1S/C9H8FN3S/c1-5-2-6(4-11)8(3-7(5)10)13-9(12)14/h2-3H,1H3,(H3,12,13,14). The Hall–Kier alpha value is -1.67. The number of hydrogen-bond donors (Lipinski definition) is 2. The molecule has 0 heterocycles. The van der Waals surface area contributed by atoms with E-state index in [0.29, 0.717) is 16.8 Å². The van der Waals surface area contributed by atoms with Gasteiger partial charge in [0.05, 0.1) is 11.3 Å². The Labute approximate surface area is 86.3 Å². The molecule has 0 aliphatic rings. The van der Waals surface area contributed by atoms with Crippen LogP contribution in [-0.2, 0) is 0 Å². The van der Waals surface area contributed by atoms with E-state index in [1.54, 1.807) is 6.92 Å². The van der Waals surface area contributed by atoms with E-state index in [1.807, 2.05) is 6.07 Å². The van der Waals surface area contributed by atoms with Crippen LogP contribution in [0.15, 0.2) is 12.1 Å². The van der Waals surface area contributed by atoms with E-state index in [9.17, 15) is 4.39 Å². The molecule has 0 aromatic heterocycles. The maximum atomic E-state index is 13.1. The highest BCUT2D eigenvalue weighted by Gasteiger charge is 2.07. The number of benzene rings is 1. The number of thiocarbonyl (C=S) groups is 1. The van der Waals surface area contributed by atoms with Gasteiger partial charge in [-0.25, -0.2) is 4.39 Å². The zero-order valence-electron chi connectivity index (χ0n) is 7.47. The Balaban J connectivity index is 3.22. The van der Waals surface area contributed by atoms with Crippen molar-refractivity contribution in [3.05, 3.63) is 29.1 Å². The highest BCUT2D eigenvalue weighted by Crippen LogP contribution is 2.19. The molecule has 1 aromatic rings. The first-order valence-electron chi connectivity index (χ1n) is 3.81. The molecule has 3 nitrogen and oxygen atoms in total. The molecule has 1 aromatic carbocycles. The third-order valence-electron chi connectivity index (χ3n) is 1.68. The normalized spacial score (nSPS) is 9.21. The van der Waals surface area contributed by atoms with E-state index in [2.05, 4.69) is 17.5 Å². The zero-order valence-corrected chi connectivity index (χ0v) is 8.28. The molecule has 0 saturated heterocycles. The predicted molar refractivity (Wildman–Crippen MR) is 56.3 cm³/mol. The maximum absolute atomic E-state index is 13.1. The van der Waals surface area contributed by atoms with E-state index < -0.39 is 5.82 Å². The van der Waals surface area contributed by atoms with Crippen molar-refractivity contribution in [3.63, 3.8) is 0 Å². The number of aryl methyl sites for hydroxylation is 1. The van der Waals surface area contributed by atoms with Crippen molar-refractivity contribution < 1.29 is 4.39 Å². The number of nitrogens with two attached hydrogens (primary N) is 1. The van der Waals surface area contributed by atoms with E-state index in [-0.39, 0.29) is 5.11 Å². The molecule has 0 spiro atoms. The molecule has 0 aliphatic carbocycles. The fourth-order valence-electron chi connectivity index (χ4n) is 1.01. The van der Waals surface area contributed by atoms with Crippen LogP contribution in [0.25, 0.3) is 0 Å². The molecule has 0 saturated carbocycles. The van der Waals surface area contributed by atoms with Crippen LogP contribution in [0.3, 0.4) is 0 Å². The van der Waals surface area contributed by atoms with Crippen molar-refractivity contribution >= 4 is 23.0 Å². The van der Waals surface area contributed by atoms with Crippen LogP contribution in [0.2, 0.25) is 0 Å². The molecule has 72 valence electrons. The zero-order chi connectivity index (χ0) is 10.7. The van der Waals surface area contributed by atoms with Crippen LogP contribution >= 0.6 is 12.2 Å². The number of halogens is 1. The number of nitrogens with one attached hydrogen (secondary N) is 1. The minimum Gasteiger partial charge on any atom is -0.376 e. The van der Waals surface area contributed by atoms with E-state index >= 15 is 0 Å². The molecule has 0 fully saturated rings. The van der Waals surface area contributed by atoms with Gasteiger partial charge < -0.3 is 11.1 Å². The summed E-state index contributed by atoms with van der Waals surface area (Å²) in [6, 6.07) is 4.57. The van der Waals surface area contributed by atoms with Gasteiger partial charge in [-0.1, -0.05) is 0 Å². The molecular weight excluding hydrogens is 201 g/mol. The molecular formula is C9H8FN3S. The van der Waals surface area contributed by atoms with Gasteiger partial charge in [-0.3, -0.25) is 0 Å². The summed E-state index contributed by atoms with van der Waals surface area (Å²) in [5.41, 5.74) is 6.25. The lowest BCUT2D eigenvalue weighted by molar-refractivity contribution is 0.619. The topological polar surface area (TPSA) is 61.8 Å². The van der Waals surface area contributed by atoms with Crippen molar-refractivity contribution in [2.24, 2.45) is 5.73 Å². The summed E-state index contributed by atoms with van der Waals surface area (Å²) in [6.07, 6.45) is 0. The van der Waals surface area contributed by atoms with Crippen LogP contribution in [0.1, 0.15) is 11.1 Å². The lowest BCUT2D eigenvalue weighted by Crippen LogP contribution is -2.19. The Bertz CT molecular complexity index is 423. The molecule has 0 aliphatic heterocycles. The van der Waals surface area contributed by atoms with Crippen molar-refractivity contribution in [1.82, 2.24) is 0 Å². The van der Waals surface area contributed by atoms with Crippen LogP contribution in [-0.4, -0.2) is 5.11 Å². The highest BCUT2D eigenvalue weighted by molar-refractivity contribution is 7.80. The third kappa shape index (κ3) is 2.18. The Kier molecular flexibility index (Phi) is 2.99. The first-order valence-corrected chi connectivity index (χ1v) is 4.22. The van der Waals surface area contributed by atoms with Crippen molar-refractivity contribution in [2.45, 2.75) is 6.92 Å². The van der Waals surface area contributed by atoms with Gasteiger partial charge in [-0.15, -0.1) is 0 Å². The van der Waals surface area contributed by atoms with Gasteiger partial charge in [0.1, 0.15) is 11.9 Å². The molecule has 0 atom stereocenters. The average Bonchev–Trinajstić information content (AvgIpc) is 2.10. The molecule has 0 radical (unpaired) electrons. The monoisotopic (exact) mass is 209 g/mol. The SMILES string of the molecule is Cc1cc(C#N)c(NC(N)=S)cc1F. The fraction of sp³-hybridized carbons (Fsp3) is 0.111. The Morgan fingerprint density at radius 3 is 2.79 bits per heavy atom. The minimum atomic E-state index is -0.400. The van der Waals surface area contributed by atoms with E-state index in [0.717, 1.165) is 0 Å². The molecule has 5 heteroatoms. The number of anilines is 1. The van der Waals surface area contributed by atoms with Gasteiger partial charge in [-0.2, -0.15) is 5.26 Å². The summed E-state index contributed by atoms with van der Waals surface area (Å²) in [4.78, 5) is 0. The lowest BCUT2D eigenvalue weighted by atomic mass is 10.1. The smallest absolute Gasteiger partial charge is 0.168 e. The second-order valence-electron chi connectivity index (χ2n) is 2.75. The molecule has 3 N–H and O–H groups in total. The molecule has 0 bridgehead atoms. The summed E-state index contributed by atoms with van der Waals surface area (Å²) in [5, 5.41) is 11.3. The minimum absolute atomic E-state index is 0.00440. The molecule has 0 amide bonds.